The number of hydrogen-bond acceptors (Lipinski definition) is 3. The van der Waals surface area contributed by atoms with Gasteiger partial charge in [0.15, 0.2) is 0 Å². The predicted molar refractivity (Wildman–Crippen MR) is 162 cm³/mol. The van der Waals surface area contributed by atoms with Crippen LogP contribution >= 0.6 is 11.3 Å². The van der Waals surface area contributed by atoms with E-state index < -0.39 is 0 Å². The van der Waals surface area contributed by atoms with Gasteiger partial charge in [-0.2, -0.15) is 0 Å². The Balaban J connectivity index is 1.37. The lowest BCUT2D eigenvalue weighted by Gasteiger charge is -2.17. The number of hydrogen-bond donors (Lipinski definition) is 0. The van der Waals surface area contributed by atoms with Gasteiger partial charge in [0, 0.05) is 48.7 Å². The third-order valence-electron chi connectivity index (χ3n) is 7.38. The van der Waals surface area contributed by atoms with Crippen LogP contribution in [-0.2, 0) is 0 Å². The second-order valence-electron chi connectivity index (χ2n) is 9.59. The monoisotopic (exact) mass is 503 g/mol. The Hall–Kier alpha value is -4.73. The lowest BCUT2D eigenvalue weighted by atomic mass is 9.91. The highest BCUT2D eigenvalue weighted by Crippen LogP contribution is 2.45. The third-order valence-corrected chi connectivity index (χ3v) is 8.53. The Morgan fingerprint density at radius 1 is 0.526 bits per heavy atom. The minimum atomic E-state index is 0.836. The first-order chi connectivity index (χ1) is 18.8. The van der Waals surface area contributed by atoms with E-state index in [1.807, 2.05) is 23.7 Å². The molecule has 0 unspecified atom stereocenters. The molecule has 178 valence electrons. The summed E-state index contributed by atoms with van der Waals surface area (Å²) < 4.78 is 9.33. The molecule has 0 fully saturated rings. The summed E-state index contributed by atoms with van der Waals surface area (Å²) in [5.74, 6) is 1.70. The maximum Gasteiger partial charge on any atom is 0.143 e. The highest BCUT2D eigenvalue weighted by atomic mass is 32.1. The van der Waals surface area contributed by atoms with Crippen LogP contribution in [0.1, 0.15) is 0 Å². The van der Waals surface area contributed by atoms with Crippen LogP contribution in [-0.4, -0.2) is 4.98 Å². The van der Waals surface area contributed by atoms with Crippen molar-refractivity contribution >= 4 is 63.8 Å². The molecule has 0 saturated carbocycles. The number of thiophene rings is 1. The Labute approximate surface area is 223 Å². The van der Waals surface area contributed by atoms with Gasteiger partial charge in [0.2, 0.25) is 0 Å². The van der Waals surface area contributed by atoms with Gasteiger partial charge in [-0.1, -0.05) is 78.9 Å². The molecular formula is C35H21NOS. The highest BCUT2D eigenvalue weighted by Gasteiger charge is 2.18. The van der Waals surface area contributed by atoms with E-state index in [0.717, 1.165) is 33.0 Å². The summed E-state index contributed by atoms with van der Waals surface area (Å²) in [6, 6.07) is 40.8. The number of benzene rings is 6. The Kier molecular flexibility index (Phi) is 4.73. The average molecular weight is 504 g/mol. The Morgan fingerprint density at radius 2 is 1.26 bits per heavy atom. The number of ether oxygens (including phenoxy) is 1. The SMILES string of the molecule is c1ccc2cc(-c3c4ccccc4c(Oc4ccc5sc6ccccc6c5c4)c4ccncc34)ccc2c1. The van der Waals surface area contributed by atoms with E-state index in [4.69, 9.17) is 4.74 Å². The van der Waals surface area contributed by atoms with Crippen molar-refractivity contribution in [3.63, 3.8) is 0 Å². The molecule has 2 aromatic heterocycles. The summed E-state index contributed by atoms with van der Waals surface area (Å²) in [6.07, 6.45) is 3.82. The molecule has 0 radical (unpaired) electrons. The number of aromatic nitrogens is 1. The molecule has 0 atom stereocenters. The Bertz CT molecular complexity index is 2120. The van der Waals surface area contributed by atoms with E-state index in [1.165, 1.54) is 42.1 Å². The van der Waals surface area contributed by atoms with Crippen molar-refractivity contribution in [1.29, 1.82) is 0 Å². The molecule has 0 N–H and O–H groups in total. The number of pyridine rings is 1. The van der Waals surface area contributed by atoms with Gasteiger partial charge >= 0.3 is 0 Å². The summed E-state index contributed by atoms with van der Waals surface area (Å²) in [5.41, 5.74) is 2.36. The van der Waals surface area contributed by atoms with Crippen LogP contribution in [0.4, 0.5) is 0 Å². The first kappa shape index (κ1) is 21.4. The van der Waals surface area contributed by atoms with Crippen LogP contribution in [0, 0.1) is 0 Å². The van der Waals surface area contributed by atoms with E-state index in [0.29, 0.717) is 0 Å². The van der Waals surface area contributed by atoms with Gasteiger partial charge in [0.25, 0.3) is 0 Å². The van der Waals surface area contributed by atoms with Crippen LogP contribution in [0.25, 0.3) is 63.6 Å². The molecule has 0 aliphatic heterocycles. The van der Waals surface area contributed by atoms with Crippen molar-refractivity contribution in [3.05, 3.63) is 128 Å². The van der Waals surface area contributed by atoms with Crippen LogP contribution < -0.4 is 4.74 Å². The van der Waals surface area contributed by atoms with Gasteiger partial charge in [-0.3, -0.25) is 4.98 Å². The predicted octanol–water partition coefficient (Wildman–Crippen LogP) is 10.4. The van der Waals surface area contributed by atoms with E-state index in [1.54, 1.807) is 0 Å². The lowest BCUT2D eigenvalue weighted by molar-refractivity contribution is 0.494. The third kappa shape index (κ3) is 3.29. The van der Waals surface area contributed by atoms with E-state index in [9.17, 15) is 0 Å². The first-order valence-electron chi connectivity index (χ1n) is 12.7. The van der Waals surface area contributed by atoms with Crippen LogP contribution in [0.5, 0.6) is 11.5 Å². The minimum absolute atomic E-state index is 0.836. The molecule has 3 heteroatoms. The zero-order chi connectivity index (χ0) is 25.1. The first-order valence-corrected chi connectivity index (χ1v) is 13.5. The summed E-state index contributed by atoms with van der Waals surface area (Å²) in [5, 5.41) is 9.33. The second kappa shape index (κ2) is 8.41. The van der Waals surface area contributed by atoms with Crippen molar-refractivity contribution in [2.75, 3.05) is 0 Å². The molecule has 0 aliphatic carbocycles. The number of fused-ring (bicyclic) bond motifs is 6. The molecule has 0 amide bonds. The molecular weight excluding hydrogens is 482 g/mol. The van der Waals surface area contributed by atoms with Crippen molar-refractivity contribution in [2.45, 2.75) is 0 Å². The molecule has 0 aliphatic rings. The van der Waals surface area contributed by atoms with Gasteiger partial charge < -0.3 is 4.74 Å². The van der Waals surface area contributed by atoms with Crippen LogP contribution in [0.3, 0.4) is 0 Å². The van der Waals surface area contributed by atoms with Crippen molar-refractivity contribution in [2.24, 2.45) is 0 Å². The summed E-state index contributed by atoms with van der Waals surface area (Å²) in [6.45, 7) is 0. The molecule has 0 bridgehead atoms. The number of rotatable bonds is 3. The van der Waals surface area contributed by atoms with Gasteiger partial charge in [-0.15, -0.1) is 11.3 Å². The fourth-order valence-corrected chi connectivity index (χ4v) is 6.72. The van der Waals surface area contributed by atoms with Crippen LogP contribution in [0.15, 0.2) is 128 Å². The highest BCUT2D eigenvalue weighted by molar-refractivity contribution is 7.25. The largest absolute Gasteiger partial charge is 0.456 e. The lowest BCUT2D eigenvalue weighted by Crippen LogP contribution is -1.93. The van der Waals surface area contributed by atoms with Crippen molar-refractivity contribution < 1.29 is 4.74 Å². The Morgan fingerprint density at radius 3 is 2.18 bits per heavy atom. The molecule has 8 rings (SSSR count). The van der Waals surface area contributed by atoms with Crippen molar-refractivity contribution in [1.82, 2.24) is 4.98 Å². The van der Waals surface area contributed by atoms with Gasteiger partial charge in [0.05, 0.1) is 0 Å². The molecule has 2 heterocycles. The molecule has 6 aromatic carbocycles. The smallest absolute Gasteiger partial charge is 0.143 e. The molecule has 2 nitrogen and oxygen atoms in total. The van der Waals surface area contributed by atoms with Gasteiger partial charge in [-0.25, -0.2) is 0 Å². The molecule has 8 aromatic rings. The number of nitrogens with zero attached hydrogens (tertiary/aromatic N) is 1. The van der Waals surface area contributed by atoms with Gasteiger partial charge in [0.1, 0.15) is 11.5 Å². The maximum absolute atomic E-state index is 6.77. The zero-order valence-electron chi connectivity index (χ0n) is 20.4. The van der Waals surface area contributed by atoms with Crippen molar-refractivity contribution in [3.8, 4) is 22.6 Å². The van der Waals surface area contributed by atoms with E-state index in [-0.39, 0.29) is 0 Å². The summed E-state index contributed by atoms with van der Waals surface area (Å²) in [4.78, 5) is 4.53. The summed E-state index contributed by atoms with van der Waals surface area (Å²) in [7, 11) is 0. The topological polar surface area (TPSA) is 22.1 Å². The molecule has 0 saturated heterocycles. The fourth-order valence-electron chi connectivity index (χ4n) is 5.63. The second-order valence-corrected chi connectivity index (χ2v) is 10.7. The zero-order valence-corrected chi connectivity index (χ0v) is 21.2. The normalized spacial score (nSPS) is 11.7. The quantitative estimate of drug-likeness (QED) is 0.224. The van der Waals surface area contributed by atoms with Crippen LogP contribution in [0.2, 0.25) is 0 Å². The standard InChI is InChI=1S/C35H21NOS/c1-2-8-23-19-24(14-13-22(23)7-1)34-27-10-3-4-11-28(27)35(29-17-18-36-21-31(29)34)37-25-15-16-33-30(20-25)26-9-5-6-12-32(26)38-33/h1-21H. The molecule has 38 heavy (non-hydrogen) atoms. The van der Waals surface area contributed by atoms with Gasteiger partial charge in [-0.05, 0) is 63.7 Å². The van der Waals surface area contributed by atoms with E-state index >= 15 is 0 Å². The van der Waals surface area contributed by atoms with E-state index in [2.05, 4.69) is 120 Å². The fraction of sp³-hybridized carbons (Fsp3) is 0. The molecule has 0 spiro atoms. The minimum Gasteiger partial charge on any atom is -0.456 e. The maximum atomic E-state index is 6.77. The average Bonchev–Trinajstić information content (AvgIpc) is 3.35. The summed E-state index contributed by atoms with van der Waals surface area (Å²) >= 11 is 1.82.